The van der Waals surface area contributed by atoms with E-state index in [1.165, 1.54) is 0 Å². The van der Waals surface area contributed by atoms with Gasteiger partial charge in [-0.25, -0.2) is 0 Å². The topological polar surface area (TPSA) is 67.6 Å². The highest BCUT2D eigenvalue weighted by Crippen LogP contribution is 2.42. The number of hydrogen-bond acceptors (Lipinski definition) is 3. The molecule has 0 spiro atoms. The van der Waals surface area contributed by atoms with Crippen LogP contribution in [0, 0.1) is 5.92 Å². The predicted molar refractivity (Wildman–Crippen MR) is 51.5 cm³/mol. The van der Waals surface area contributed by atoms with Crippen LogP contribution in [0.3, 0.4) is 0 Å². The van der Waals surface area contributed by atoms with Gasteiger partial charge in [0.05, 0.1) is 5.92 Å². The zero-order valence-corrected chi connectivity index (χ0v) is 8.59. The third-order valence-corrected chi connectivity index (χ3v) is 3.04. The van der Waals surface area contributed by atoms with Crippen molar-refractivity contribution in [1.29, 1.82) is 0 Å². The van der Waals surface area contributed by atoms with E-state index in [2.05, 4.69) is 15.2 Å². The molecule has 2 atom stereocenters. The largest absolute Gasteiger partial charge is 0.391 e. The number of anilines is 1. The van der Waals surface area contributed by atoms with Crippen molar-refractivity contribution in [3.8, 4) is 0 Å². The molecule has 1 saturated carbocycles. The Morgan fingerprint density at radius 3 is 2.62 bits per heavy atom. The summed E-state index contributed by atoms with van der Waals surface area (Å²) in [5.74, 6) is -0.863. The second-order valence-electron chi connectivity index (χ2n) is 4.18. The highest BCUT2D eigenvalue weighted by atomic mass is 19.4. The summed E-state index contributed by atoms with van der Waals surface area (Å²) in [4.78, 5) is 3.89. The van der Waals surface area contributed by atoms with Crippen LogP contribution in [0.25, 0.3) is 0 Å². The van der Waals surface area contributed by atoms with Crippen LogP contribution in [-0.4, -0.2) is 21.4 Å². The second kappa shape index (κ2) is 3.95. The lowest BCUT2D eigenvalue weighted by Gasteiger charge is -2.29. The quantitative estimate of drug-likeness (QED) is 0.782. The van der Waals surface area contributed by atoms with Crippen molar-refractivity contribution in [2.45, 2.75) is 37.8 Å². The molecular formula is C9H13F3N4. The van der Waals surface area contributed by atoms with E-state index in [0.29, 0.717) is 18.7 Å². The van der Waals surface area contributed by atoms with E-state index in [0.717, 1.165) is 0 Å². The molecule has 2 unspecified atom stereocenters. The van der Waals surface area contributed by atoms with E-state index in [1.54, 1.807) is 0 Å². The molecule has 1 heterocycles. The van der Waals surface area contributed by atoms with Crippen molar-refractivity contribution in [1.82, 2.24) is 15.2 Å². The minimum atomic E-state index is -4.11. The SMILES string of the molecule is Nc1n[nH]c(C2CCCC(C(F)(F)F)C2)n1. The fourth-order valence-corrected chi connectivity index (χ4v) is 2.21. The Hall–Kier alpha value is -1.27. The van der Waals surface area contributed by atoms with Gasteiger partial charge in [-0.3, -0.25) is 5.10 Å². The van der Waals surface area contributed by atoms with Crippen LogP contribution < -0.4 is 5.73 Å². The summed E-state index contributed by atoms with van der Waals surface area (Å²) in [5.41, 5.74) is 5.33. The van der Waals surface area contributed by atoms with Gasteiger partial charge in [0.15, 0.2) is 0 Å². The van der Waals surface area contributed by atoms with Crippen molar-refractivity contribution in [3.05, 3.63) is 5.82 Å². The molecule has 1 fully saturated rings. The summed E-state index contributed by atoms with van der Waals surface area (Å²) in [6.07, 6.45) is -2.54. The van der Waals surface area contributed by atoms with Crippen molar-refractivity contribution in [2.24, 2.45) is 5.92 Å². The highest BCUT2D eigenvalue weighted by Gasteiger charge is 2.42. The Labute approximate surface area is 90.4 Å². The first-order valence-corrected chi connectivity index (χ1v) is 5.21. The van der Waals surface area contributed by atoms with Crippen molar-refractivity contribution in [3.63, 3.8) is 0 Å². The average molecular weight is 234 g/mol. The molecule has 0 aliphatic heterocycles. The molecule has 90 valence electrons. The summed E-state index contributed by atoms with van der Waals surface area (Å²) < 4.78 is 37.7. The van der Waals surface area contributed by atoms with E-state index < -0.39 is 12.1 Å². The zero-order chi connectivity index (χ0) is 11.8. The summed E-state index contributed by atoms with van der Waals surface area (Å²) in [6, 6.07) is 0. The van der Waals surface area contributed by atoms with E-state index in [1.807, 2.05) is 0 Å². The van der Waals surface area contributed by atoms with Crippen molar-refractivity contribution >= 4 is 5.95 Å². The van der Waals surface area contributed by atoms with Gasteiger partial charge in [-0.1, -0.05) is 6.42 Å². The molecule has 0 aromatic carbocycles. The number of nitrogen functional groups attached to an aromatic ring is 1. The second-order valence-corrected chi connectivity index (χ2v) is 4.18. The molecule has 3 N–H and O–H groups in total. The standard InChI is InChI=1S/C9H13F3N4/c10-9(11,12)6-3-1-2-5(4-6)7-14-8(13)16-15-7/h5-6H,1-4H2,(H3,13,14,15,16). The molecule has 1 aliphatic carbocycles. The number of nitrogens with zero attached hydrogens (tertiary/aromatic N) is 2. The Morgan fingerprint density at radius 1 is 1.31 bits per heavy atom. The van der Waals surface area contributed by atoms with Gasteiger partial charge in [0, 0.05) is 5.92 Å². The van der Waals surface area contributed by atoms with Crippen LogP contribution in [0.2, 0.25) is 0 Å². The number of nitrogens with two attached hydrogens (primary N) is 1. The van der Waals surface area contributed by atoms with Gasteiger partial charge in [-0.2, -0.15) is 18.2 Å². The monoisotopic (exact) mass is 234 g/mol. The fraction of sp³-hybridized carbons (Fsp3) is 0.778. The van der Waals surface area contributed by atoms with Crippen molar-refractivity contribution in [2.75, 3.05) is 5.73 Å². The lowest BCUT2D eigenvalue weighted by Crippen LogP contribution is -2.28. The van der Waals surface area contributed by atoms with Crippen molar-refractivity contribution < 1.29 is 13.2 Å². The first-order valence-electron chi connectivity index (χ1n) is 5.21. The third kappa shape index (κ3) is 2.28. The van der Waals surface area contributed by atoms with Gasteiger partial charge < -0.3 is 5.73 Å². The molecule has 0 bridgehead atoms. The van der Waals surface area contributed by atoms with Gasteiger partial charge in [0.1, 0.15) is 5.82 Å². The molecule has 0 amide bonds. The molecule has 7 heteroatoms. The summed E-state index contributed by atoms with van der Waals surface area (Å²) in [6.45, 7) is 0. The van der Waals surface area contributed by atoms with Crippen LogP contribution in [0.15, 0.2) is 0 Å². The molecule has 1 aliphatic rings. The van der Waals surface area contributed by atoms with Gasteiger partial charge in [0.2, 0.25) is 5.95 Å². The van der Waals surface area contributed by atoms with Crippen LogP contribution in [0.1, 0.15) is 37.4 Å². The Kier molecular flexibility index (Phi) is 2.77. The first kappa shape index (κ1) is 11.2. The van der Waals surface area contributed by atoms with E-state index >= 15 is 0 Å². The number of nitrogens with one attached hydrogen (secondary N) is 1. The summed E-state index contributed by atoms with van der Waals surface area (Å²) >= 11 is 0. The lowest BCUT2D eigenvalue weighted by molar-refractivity contribution is -0.183. The number of aromatic amines is 1. The number of aromatic nitrogens is 3. The van der Waals surface area contributed by atoms with Gasteiger partial charge >= 0.3 is 6.18 Å². The third-order valence-electron chi connectivity index (χ3n) is 3.04. The van der Waals surface area contributed by atoms with E-state index in [9.17, 15) is 13.2 Å². The van der Waals surface area contributed by atoms with Gasteiger partial charge in [-0.15, -0.1) is 5.10 Å². The highest BCUT2D eigenvalue weighted by molar-refractivity contribution is 5.15. The molecule has 0 saturated heterocycles. The molecule has 1 aromatic rings. The summed E-state index contributed by atoms with van der Waals surface area (Å²) in [5, 5.41) is 6.23. The maximum absolute atomic E-state index is 12.6. The zero-order valence-electron chi connectivity index (χ0n) is 8.59. The van der Waals surface area contributed by atoms with Gasteiger partial charge in [0.25, 0.3) is 0 Å². The molecular weight excluding hydrogens is 221 g/mol. The number of alkyl halides is 3. The fourth-order valence-electron chi connectivity index (χ4n) is 2.21. The molecule has 2 rings (SSSR count). The average Bonchev–Trinajstić information content (AvgIpc) is 2.64. The smallest absolute Gasteiger partial charge is 0.367 e. The van der Waals surface area contributed by atoms with Crippen LogP contribution in [0.4, 0.5) is 19.1 Å². The minimum absolute atomic E-state index is 0.0815. The van der Waals surface area contributed by atoms with E-state index in [4.69, 9.17) is 5.73 Å². The minimum Gasteiger partial charge on any atom is -0.367 e. The molecule has 16 heavy (non-hydrogen) atoms. The molecule has 0 radical (unpaired) electrons. The lowest BCUT2D eigenvalue weighted by atomic mass is 9.81. The number of hydrogen-bond donors (Lipinski definition) is 2. The predicted octanol–water partition coefficient (Wildman–Crippen LogP) is 2.22. The Bertz CT molecular complexity index is 360. The Balaban J connectivity index is 2.07. The number of rotatable bonds is 1. The van der Waals surface area contributed by atoms with Crippen LogP contribution in [-0.2, 0) is 0 Å². The summed E-state index contributed by atoms with van der Waals surface area (Å²) in [7, 11) is 0. The van der Waals surface area contributed by atoms with E-state index in [-0.39, 0.29) is 24.7 Å². The van der Waals surface area contributed by atoms with Gasteiger partial charge in [-0.05, 0) is 19.3 Å². The number of H-pyrrole nitrogens is 1. The first-order chi connectivity index (χ1) is 7.47. The van der Waals surface area contributed by atoms with Crippen LogP contribution in [0.5, 0.6) is 0 Å². The number of halogens is 3. The molecule has 4 nitrogen and oxygen atoms in total. The normalized spacial score (nSPS) is 26.9. The molecule has 1 aromatic heterocycles. The Morgan fingerprint density at radius 2 is 2.06 bits per heavy atom. The van der Waals surface area contributed by atoms with Crippen LogP contribution >= 0.6 is 0 Å². The maximum atomic E-state index is 12.6. The maximum Gasteiger partial charge on any atom is 0.391 e.